The molecule has 0 aromatic heterocycles. The van der Waals surface area contributed by atoms with E-state index < -0.39 is 0 Å². The first-order valence-electron chi connectivity index (χ1n) is 5.80. The number of nitrogens with two attached hydrogens (primary N) is 1. The lowest BCUT2D eigenvalue weighted by atomic mass is 10.00. The van der Waals surface area contributed by atoms with Crippen LogP contribution in [0, 0.1) is 5.92 Å². The maximum absolute atomic E-state index is 11.7. The Morgan fingerprint density at radius 2 is 2.27 bits per heavy atom. The summed E-state index contributed by atoms with van der Waals surface area (Å²) in [5.41, 5.74) is 5.81. The van der Waals surface area contributed by atoms with Crippen molar-refractivity contribution in [1.82, 2.24) is 5.32 Å². The van der Waals surface area contributed by atoms with Crippen LogP contribution in [0.1, 0.15) is 39.5 Å². The largest absolute Gasteiger partial charge is 0.352 e. The standard InChI is InChI=1S/C12H22N2O/c1-9(2)8-11(13)12(15)14-10-6-4-3-5-7-10/h3-4,9-11H,5-8,13H2,1-2H3,(H,14,15)/t10?,11-/m1/s1. The van der Waals surface area contributed by atoms with Gasteiger partial charge in [-0.15, -0.1) is 0 Å². The third-order valence-electron chi connectivity index (χ3n) is 2.68. The van der Waals surface area contributed by atoms with Crippen molar-refractivity contribution >= 4 is 5.91 Å². The van der Waals surface area contributed by atoms with Gasteiger partial charge in [0.2, 0.25) is 5.91 Å². The zero-order chi connectivity index (χ0) is 11.3. The molecule has 0 bridgehead atoms. The topological polar surface area (TPSA) is 55.1 Å². The summed E-state index contributed by atoms with van der Waals surface area (Å²) in [5, 5.41) is 3.01. The van der Waals surface area contributed by atoms with Gasteiger partial charge in [-0.1, -0.05) is 26.0 Å². The molecule has 0 saturated heterocycles. The van der Waals surface area contributed by atoms with Crippen molar-refractivity contribution in [2.24, 2.45) is 11.7 Å². The minimum Gasteiger partial charge on any atom is -0.352 e. The molecule has 15 heavy (non-hydrogen) atoms. The average Bonchev–Trinajstić information content (AvgIpc) is 2.18. The molecule has 1 rings (SSSR count). The normalized spacial score (nSPS) is 22.8. The van der Waals surface area contributed by atoms with Crippen molar-refractivity contribution in [3.8, 4) is 0 Å². The highest BCUT2D eigenvalue weighted by molar-refractivity contribution is 5.81. The smallest absolute Gasteiger partial charge is 0.237 e. The van der Waals surface area contributed by atoms with Crippen LogP contribution in [0.15, 0.2) is 12.2 Å². The predicted molar refractivity (Wildman–Crippen MR) is 62.4 cm³/mol. The molecule has 0 heterocycles. The molecule has 0 fully saturated rings. The van der Waals surface area contributed by atoms with Crippen LogP contribution in [0.5, 0.6) is 0 Å². The zero-order valence-electron chi connectivity index (χ0n) is 9.70. The van der Waals surface area contributed by atoms with Crippen LogP contribution in [0.4, 0.5) is 0 Å². The summed E-state index contributed by atoms with van der Waals surface area (Å²) in [7, 11) is 0. The lowest BCUT2D eigenvalue weighted by Crippen LogP contribution is -2.46. The molecule has 1 aliphatic carbocycles. The molecule has 1 amide bonds. The molecular formula is C12H22N2O. The van der Waals surface area contributed by atoms with Gasteiger partial charge in [0, 0.05) is 6.04 Å². The number of carbonyl (C=O) groups is 1. The minimum absolute atomic E-state index is 0.00370. The van der Waals surface area contributed by atoms with Crippen LogP contribution < -0.4 is 11.1 Å². The van der Waals surface area contributed by atoms with Crippen molar-refractivity contribution in [1.29, 1.82) is 0 Å². The van der Waals surface area contributed by atoms with E-state index in [1.54, 1.807) is 0 Å². The lowest BCUT2D eigenvalue weighted by molar-refractivity contribution is -0.123. The van der Waals surface area contributed by atoms with Gasteiger partial charge in [0.25, 0.3) is 0 Å². The first-order chi connectivity index (χ1) is 7.09. The average molecular weight is 210 g/mol. The summed E-state index contributed by atoms with van der Waals surface area (Å²) < 4.78 is 0. The Kier molecular flexibility index (Phi) is 4.82. The summed E-state index contributed by atoms with van der Waals surface area (Å²) >= 11 is 0. The second-order valence-electron chi connectivity index (χ2n) is 4.73. The van der Waals surface area contributed by atoms with Gasteiger partial charge < -0.3 is 11.1 Å². The van der Waals surface area contributed by atoms with Gasteiger partial charge in [0.1, 0.15) is 0 Å². The third-order valence-corrected chi connectivity index (χ3v) is 2.68. The summed E-state index contributed by atoms with van der Waals surface area (Å²) in [4.78, 5) is 11.7. The van der Waals surface area contributed by atoms with E-state index in [-0.39, 0.29) is 11.9 Å². The fourth-order valence-electron chi connectivity index (χ4n) is 1.85. The molecule has 86 valence electrons. The van der Waals surface area contributed by atoms with Crippen molar-refractivity contribution in [3.05, 3.63) is 12.2 Å². The first kappa shape index (κ1) is 12.2. The summed E-state index contributed by atoms with van der Waals surface area (Å²) in [6.07, 6.45) is 8.09. The molecule has 0 aromatic rings. The number of amides is 1. The Bertz CT molecular complexity index is 236. The fourth-order valence-corrected chi connectivity index (χ4v) is 1.85. The Balaban J connectivity index is 2.30. The van der Waals surface area contributed by atoms with Crippen LogP contribution >= 0.6 is 0 Å². The van der Waals surface area contributed by atoms with Crippen molar-refractivity contribution in [3.63, 3.8) is 0 Å². The van der Waals surface area contributed by atoms with Gasteiger partial charge in [-0.2, -0.15) is 0 Å². The highest BCUT2D eigenvalue weighted by atomic mass is 16.2. The minimum atomic E-state index is -0.351. The van der Waals surface area contributed by atoms with E-state index in [9.17, 15) is 4.79 Å². The molecule has 0 radical (unpaired) electrons. The van der Waals surface area contributed by atoms with E-state index in [1.165, 1.54) is 0 Å². The molecule has 3 nitrogen and oxygen atoms in total. The Morgan fingerprint density at radius 3 is 2.80 bits per heavy atom. The first-order valence-corrected chi connectivity index (χ1v) is 5.80. The second kappa shape index (κ2) is 5.91. The van der Waals surface area contributed by atoms with Crippen LogP contribution in [-0.4, -0.2) is 18.0 Å². The van der Waals surface area contributed by atoms with Crippen molar-refractivity contribution in [2.75, 3.05) is 0 Å². The Labute approximate surface area is 92.1 Å². The van der Waals surface area contributed by atoms with E-state index in [4.69, 9.17) is 5.73 Å². The maximum Gasteiger partial charge on any atom is 0.237 e. The van der Waals surface area contributed by atoms with Crippen molar-refractivity contribution < 1.29 is 4.79 Å². The molecule has 3 N–H and O–H groups in total. The van der Waals surface area contributed by atoms with Crippen LogP contribution in [0.2, 0.25) is 0 Å². The fraction of sp³-hybridized carbons (Fsp3) is 0.750. The van der Waals surface area contributed by atoms with Crippen LogP contribution in [-0.2, 0) is 4.79 Å². The molecule has 0 saturated carbocycles. The second-order valence-corrected chi connectivity index (χ2v) is 4.73. The van der Waals surface area contributed by atoms with Crippen LogP contribution in [0.25, 0.3) is 0 Å². The van der Waals surface area contributed by atoms with Gasteiger partial charge in [-0.05, 0) is 31.6 Å². The van der Waals surface area contributed by atoms with Crippen LogP contribution in [0.3, 0.4) is 0 Å². The zero-order valence-corrected chi connectivity index (χ0v) is 9.70. The lowest BCUT2D eigenvalue weighted by Gasteiger charge is -2.22. The molecule has 0 aliphatic heterocycles. The number of hydrogen-bond acceptors (Lipinski definition) is 2. The quantitative estimate of drug-likeness (QED) is 0.692. The predicted octanol–water partition coefficient (Wildman–Crippen LogP) is 1.58. The number of rotatable bonds is 4. The molecule has 2 atom stereocenters. The number of hydrogen-bond donors (Lipinski definition) is 2. The summed E-state index contributed by atoms with van der Waals surface area (Å²) in [6.45, 7) is 4.16. The highest BCUT2D eigenvalue weighted by Gasteiger charge is 2.18. The van der Waals surface area contributed by atoms with Gasteiger partial charge in [0.15, 0.2) is 0 Å². The highest BCUT2D eigenvalue weighted by Crippen LogP contribution is 2.11. The molecule has 1 unspecified atom stereocenters. The molecule has 3 heteroatoms. The van der Waals surface area contributed by atoms with Gasteiger partial charge >= 0.3 is 0 Å². The van der Waals surface area contributed by atoms with E-state index in [1.807, 2.05) is 0 Å². The van der Waals surface area contributed by atoms with E-state index in [2.05, 4.69) is 31.3 Å². The number of allylic oxidation sites excluding steroid dienone is 1. The number of carbonyl (C=O) groups excluding carboxylic acids is 1. The molecular weight excluding hydrogens is 188 g/mol. The number of nitrogens with one attached hydrogen (secondary N) is 1. The molecule has 1 aliphatic rings. The Morgan fingerprint density at radius 1 is 1.53 bits per heavy atom. The maximum atomic E-state index is 11.7. The third kappa shape index (κ3) is 4.47. The van der Waals surface area contributed by atoms with Crippen molar-refractivity contribution in [2.45, 2.75) is 51.6 Å². The summed E-state index contributed by atoms with van der Waals surface area (Å²) in [5.74, 6) is 0.473. The SMILES string of the molecule is CC(C)C[C@@H](N)C(=O)NC1CC=CCC1. The molecule has 0 spiro atoms. The summed E-state index contributed by atoms with van der Waals surface area (Å²) in [6, 6.07) is -0.0587. The van der Waals surface area contributed by atoms with Gasteiger partial charge in [-0.3, -0.25) is 4.79 Å². The Hall–Kier alpha value is -0.830. The van der Waals surface area contributed by atoms with Gasteiger partial charge in [0.05, 0.1) is 6.04 Å². The van der Waals surface area contributed by atoms with E-state index in [0.29, 0.717) is 12.0 Å². The van der Waals surface area contributed by atoms with E-state index >= 15 is 0 Å². The monoisotopic (exact) mass is 210 g/mol. The van der Waals surface area contributed by atoms with E-state index in [0.717, 1.165) is 25.7 Å². The van der Waals surface area contributed by atoms with Gasteiger partial charge in [-0.25, -0.2) is 0 Å². The molecule has 0 aromatic carbocycles.